The molecule has 144 valence electrons. The number of hydrogen-bond donors (Lipinski definition) is 1. The average molecular weight is 395 g/mol. The molecule has 0 aliphatic carbocycles. The number of nitrogens with zero attached hydrogens (tertiary/aromatic N) is 2. The Morgan fingerprint density at radius 3 is 2.43 bits per heavy atom. The van der Waals surface area contributed by atoms with Crippen molar-refractivity contribution in [2.45, 2.75) is 0 Å². The van der Waals surface area contributed by atoms with Crippen molar-refractivity contribution in [2.75, 3.05) is 0 Å². The van der Waals surface area contributed by atoms with Crippen LogP contribution in [-0.4, -0.2) is 14.5 Å². The van der Waals surface area contributed by atoms with Gasteiger partial charge in [0.2, 0.25) is 0 Å². The van der Waals surface area contributed by atoms with E-state index in [2.05, 4.69) is 20.6 Å². The van der Waals surface area contributed by atoms with E-state index in [1.54, 1.807) is 12.1 Å². The molecule has 0 saturated heterocycles. The summed E-state index contributed by atoms with van der Waals surface area (Å²) in [6, 6.07) is 25.1. The number of H-pyrrole nitrogens is 1. The van der Waals surface area contributed by atoms with Crippen LogP contribution in [0.25, 0.3) is 49.9 Å². The minimum absolute atomic E-state index is 0.283. The molecular weight excluding hydrogens is 380 g/mol. The molecule has 0 fully saturated rings. The van der Waals surface area contributed by atoms with Gasteiger partial charge >= 0.3 is 0 Å². The Morgan fingerprint density at radius 1 is 0.733 bits per heavy atom. The molecule has 6 rings (SSSR count). The summed E-state index contributed by atoms with van der Waals surface area (Å²) in [7, 11) is 0. The summed E-state index contributed by atoms with van der Waals surface area (Å²) in [6.07, 6.45) is 0. The van der Waals surface area contributed by atoms with Crippen LogP contribution in [-0.2, 0) is 0 Å². The zero-order valence-electron chi connectivity index (χ0n) is 15.7. The molecule has 0 atom stereocenters. The van der Waals surface area contributed by atoms with E-state index in [1.807, 2.05) is 42.5 Å². The number of imidazole rings is 1. The highest BCUT2D eigenvalue weighted by atomic mass is 19.1. The molecule has 4 aromatic carbocycles. The van der Waals surface area contributed by atoms with E-state index in [0.717, 1.165) is 33.1 Å². The predicted octanol–water partition coefficient (Wildman–Crippen LogP) is 6.61. The van der Waals surface area contributed by atoms with Crippen molar-refractivity contribution in [3.63, 3.8) is 0 Å². The summed E-state index contributed by atoms with van der Waals surface area (Å²) in [4.78, 5) is 7.93. The van der Waals surface area contributed by atoms with Gasteiger partial charge in [0.05, 0.1) is 22.1 Å². The van der Waals surface area contributed by atoms with Gasteiger partial charge in [-0.3, -0.25) is 0 Å². The minimum atomic E-state index is -0.307. The first-order chi connectivity index (χ1) is 14.7. The Morgan fingerprint density at radius 2 is 1.53 bits per heavy atom. The van der Waals surface area contributed by atoms with E-state index in [0.29, 0.717) is 16.9 Å². The topological polar surface area (TPSA) is 33.6 Å². The Kier molecular flexibility index (Phi) is 3.53. The first-order valence-corrected chi connectivity index (χ1v) is 9.63. The Balaban J connectivity index is 1.72. The molecule has 5 heteroatoms. The SMILES string of the molecule is Fc1cccc(-n2c3ccccc3c3c(-c4nc5ccc(F)cc5[nH]4)cccc32)c1. The molecule has 2 heterocycles. The van der Waals surface area contributed by atoms with Crippen LogP contribution in [0.2, 0.25) is 0 Å². The van der Waals surface area contributed by atoms with Crippen LogP contribution < -0.4 is 0 Å². The maximum atomic E-state index is 14.0. The van der Waals surface area contributed by atoms with Crippen LogP contribution in [0.5, 0.6) is 0 Å². The van der Waals surface area contributed by atoms with Crippen LogP contribution in [0, 0.1) is 11.6 Å². The number of hydrogen-bond acceptors (Lipinski definition) is 1. The molecule has 0 unspecified atom stereocenters. The molecule has 2 aromatic heterocycles. The third-order valence-electron chi connectivity index (χ3n) is 5.46. The quantitative estimate of drug-likeness (QED) is 0.352. The first kappa shape index (κ1) is 16.9. The summed E-state index contributed by atoms with van der Waals surface area (Å²) >= 11 is 0. The third-order valence-corrected chi connectivity index (χ3v) is 5.46. The minimum Gasteiger partial charge on any atom is -0.338 e. The number of fused-ring (bicyclic) bond motifs is 4. The summed E-state index contributed by atoms with van der Waals surface area (Å²) < 4.78 is 29.7. The molecular formula is C25H15F2N3. The molecule has 0 saturated carbocycles. The lowest BCUT2D eigenvalue weighted by molar-refractivity contribution is 0.627. The Hall–Kier alpha value is -3.99. The fourth-order valence-electron chi connectivity index (χ4n) is 4.22. The van der Waals surface area contributed by atoms with E-state index in [1.165, 1.54) is 24.3 Å². The molecule has 0 radical (unpaired) electrons. The van der Waals surface area contributed by atoms with E-state index in [-0.39, 0.29) is 11.6 Å². The van der Waals surface area contributed by atoms with Gasteiger partial charge in [-0.2, -0.15) is 0 Å². The number of aromatic amines is 1. The highest BCUT2D eigenvalue weighted by Crippen LogP contribution is 2.38. The van der Waals surface area contributed by atoms with Crippen molar-refractivity contribution >= 4 is 32.8 Å². The van der Waals surface area contributed by atoms with Gasteiger partial charge in [0.1, 0.15) is 17.5 Å². The fraction of sp³-hybridized carbons (Fsp3) is 0. The molecule has 30 heavy (non-hydrogen) atoms. The van der Waals surface area contributed by atoms with Gasteiger partial charge in [-0.25, -0.2) is 13.8 Å². The second-order valence-corrected chi connectivity index (χ2v) is 7.28. The van der Waals surface area contributed by atoms with E-state index in [9.17, 15) is 8.78 Å². The normalized spacial score (nSPS) is 11.7. The van der Waals surface area contributed by atoms with Crippen molar-refractivity contribution < 1.29 is 8.78 Å². The third kappa shape index (κ3) is 2.45. The van der Waals surface area contributed by atoms with Crippen LogP contribution in [0.3, 0.4) is 0 Å². The van der Waals surface area contributed by atoms with Gasteiger partial charge in [0.25, 0.3) is 0 Å². The zero-order valence-corrected chi connectivity index (χ0v) is 15.7. The maximum Gasteiger partial charge on any atom is 0.139 e. The van der Waals surface area contributed by atoms with Gasteiger partial charge in [-0.15, -0.1) is 0 Å². The number of para-hydroxylation sites is 1. The molecule has 0 aliphatic heterocycles. The smallest absolute Gasteiger partial charge is 0.139 e. The number of halogens is 2. The molecule has 3 nitrogen and oxygen atoms in total. The molecule has 6 aromatic rings. The molecule has 0 bridgehead atoms. The summed E-state index contributed by atoms with van der Waals surface area (Å²) in [5.41, 5.74) is 4.95. The van der Waals surface area contributed by atoms with Crippen LogP contribution in [0.4, 0.5) is 8.78 Å². The predicted molar refractivity (Wildman–Crippen MR) is 116 cm³/mol. The highest BCUT2D eigenvalue weighted by Gasteiger charge is 2.17. The summed E-state index contributed by atoms with van der Waals surface area (Å²) in [6.45, 7) is 0. The Labute approximate surface area is 170 Å². The van der Waals surface area contributed by atoms with Gasteiger partial charge in [0.15, 0.2) is 0 Å². The van der Waals surface area contributed by atoms with Crippen molar-refractivity contribution in [1.82, 2.24) is 14.5 Å². The van der Waals surface area contributed by atoms with Crippen molar-refractivity contribution in [2.24, 2.45) is 0 Å². The number of nitrogens with one attached hydrogen (secondary N) is 1. The zero-order chi connectivity index (χ0) is 20.2. The second kappa shape index (κ2) is 6.26. The fourth-order valence-corrected chi connectivity index (χ4v) is 4.22. The average Bonchev–Trinajstić information content (AvgIpc) is 3.32. The maximum absolute atomic E-state index is 14.0. The van der Waals surface area contributed by atoms with Crippen molar-refractivity contribution in [3.8, 4) is 17.1 Å². The van der Waals surface area contributed by atoms with Crippen LogP contribution in [0.1, 0.15) is 0 Å². The van der Waals surface area contributed by atoms with Gasteiger partial charge in [-0.05, 0) is 48.5 Å². The lowest BCUT2D eigenvalue weighted by atomic mass is 10.1. The van der Waals surface area contributed by atoms with Crippen LogP contribution in [0.15, 0.2) is 84.9 Å². The second-order valence-electron chi connectivity index (χ2n) is 7.28. The van der Waals surface area contributed by atoms with Crippen molar-refractivity contribution in [3.05, 3.63) is 96.6 Å². The van der Waals surface area contributed by atoms with E-state index >= 15 is 0 Å². The van der Waals surface area contributed by atoms with Gasteiger partial charge in [-0.1, -0.05) is 36.4 Å². The molecule has 0 amide bonds. The summed E-state index contributed by atoms with van der Waals surface area (Å²) in [5.74, 6) is 0.0795. The molecule has 1 N–H and O–H groups in total. The lowest BCUT2D eigenvalue weighted by Crippen LogP contribution is -1.94. The van der Waals surface area contributed by atoms with Crippen LogP contribution >= 0.6 is 0 Å². The number of aromatic nitrogens is 3. The highest BCUT2D eigenvalue weighted by molar-refractivity contribution is 6.15. The Bertz CT molecular complexity index is 1580. The van der Waals surface area contributed by atoms with E-state index < -0.39 is 0 Å². The van der Waals surface area contributed by atoms with E-state index in [4.69, 9.17) is 0 Å². The largest absolute Gasteiger partial charge is 0.338 e. The summed E-state index contributed by atoms with van der Waals surface area (Å²) in [5, 5.41) is 2.05. The molecule has 0 spiro atoms. The van der Waals surface area contributed by atoms with Gasteiger partial charge in [0, 0.05) is 22.0 Å². The lowest BCUT2D eigenvalue weighted by Gasteiger charge is -2.08. The van der Waals surface area contributed by atoms with Crippen molar-refractivity contribution in [1.29, 1.82) is 0 Å². The molecule has 0 aliphatic rings. The van der Waals surface area contributed by atoms with Gasteiger partial charge < -0.3 is 9.55 Å². The monoisotopic (exact) mass is 395 g/mol. The first-order valence-electron chi connectivity index (χ1n) is 9.63. The standard InChI is InChI=1S/C25H15F2N3/c26-15-5-3-6-17(13-15)30-22-9-2-1-7-18(22)24-19(8-4-10-23(24)30)25-28-20-12-11-16(27)14-21(20)29-25/h1-14H,(H,28,29). The number of rotatable bonds is 2. The number of benzene rings is 4.